The van der Waals surface area contributed by atoms with Crippen molar-refractivity contribution in [1.82, 2.24) is 0 Å². The van der Waals surface area contributed by atoms with Gasteiger partial charge in [-0.05, 0) is 155 Å². The molecule has 0 radical (unpaired) electrons. The van der Waals surface area contributed by atoms with E-state index in [9.17, 15) is 0 Å². The van der Waals surface area contributed by atoms with Crippen molar-refractivity contribution in [2.75, 3.05) is 9.80 Å². The van der Waals surface area contributed by atoms with E-state index in [1.54, 1.807) is 0 Å². The molecule has 0 aliphatic heterocycles. The Kier molecular flexibility index (Phi) is 9.45. The molecular formula is C60H54N2. The smallest absolute Gasteiger partial charge is 0.0490 e. The minimum atomic E-state index is -0.161. The van der Waals surface area contributed by atoms with Crippen LogP contribution in [0.15, 0.2) is 170 Å². The number of benzene rings is 8. The molecule has 8 aromatic rings. The Morgan fingerprint density at radius 3 is 1.03 bits per heavy atom. The number of nitrogens with zero attached hydrogens (tertiary/aromatic N) is 2. The normalized spacial score (nSPS) is 14.0. The van der Waals surface area contributed by atoms with Crippen LogP contribution in [0, 0.1) is 27.7 Å². The van der Waals surface area contributed by atoms with E-state index < -0.39 is 0 Å². The van der Waals surface area contributed by atoms with Crippen LogP contribution in [-0.2, 0) is 10.8 Å². The van der Waals surface area contributed by atoms with Crippen molar-refractivity contribution in [1.29, 1.82) is 0 Å². The predicted octanol–water partition coefficient (Wildman–Crippen LogP) is 16.6. The van der Waals surface area contributed by atoms with Crippen LogP contribution in [0.4, 0.5) is 34.1 Å². The molecule has 0 atom stereocenters. The zero-order chi connectivity index (χ0) is 42.9. The standard InChI is InChI=1S/C60H54N2/c1-39-17-25-45(26-18-39)61(57-15-11-9-13-41(57)3)47-29-33-51-49-31-23-43(35-53(49)59(5,6)55(51)37-47)21-22-44-24-32-50-52-34-30-48(38-56(52)60(7,8)54(50)36-44)62(46-27-19-40(2)20-28-46)58-16-12-10-14-42(58)4/h9-38H,1-8H3. The number of fused-ring (bicyclic) bond motifs is 6. The van der Waals surface area contributed by atoms with Crippen LogP contribution in [0.5, 0.6) is 0 Å². The topological polar surface area (TPSA) is 6.48 Å². The third-order valence-electron chi connectivity index (χ3n) is 13.6. The fourth-order valence-corrected chi connectivity index (χ4v) is 10.0. The molecule has 2 heteroatoms. The largest absolute Gasteiger partial charge is 0.310 e. The maximum absolute atomic E-state index is 2.42. The molecule has 0 N–H and O–H groups in total. The quantitative estimate of drug-likeness (QED) is 0.141. The van der Waals surface area contributed by atoms with Crippen LogP contribution in [-0.4, -0.2) is 0 Å². The van der Waals surface area contributed by atoms with E-state index in [2.05, 4.69) is 247 Å². The molecule has 0 heterocycles. The Hall–Kier alpha value is -6.90. The van der Waals surface area contributed by atoms with Crippen LogP contribution in [0.2, 0.25) is 0 Å². The maximum atomic E-state index is 2.42. The maximum Gasteiger partial charge on any atom is 0.0490 e. The minimum Gasteiger partial charge on any atom is -0.310 e. The van der Waals surface area contributed by atoms with Crippen molar-refractivity contribution < 1.29 is 0 Å². The van der Waals surface area contributed by atoms with E-state index >= 15 is 0 Å². The van der Waals surface area contributed by atoms with Gasteiger partial charge in [0, 0.05) is 45.0 Å². The first kappa shape index (κ1) is 39.2. The first-order valence-corrected chi connectivity index (χ1v) is 22.0. The minimum absolute atomic E-state index is 0.161. The average molecular weight is 803 g/mol. The molecule has 0 fully saturated rings. The lowest BCUT2D eigenvalue weighted by Crippen LogP contribution is -2.17. The summed E-state index contributed by atoms with van der Waals surface area (Å²) >= 11 is 0. The van der Waals surface area contributed by atoms with Crippen LogP contribution < -0.4 is 9.80 Å². The highest BCUT2D eigenvalue weighted by atomic mass is 15.1. The molecule has 2 nitrogen and oxygen atoms in total. The average Bonchev–Trinajstić information content (AvgIpc) is 3.63. The van der Waals surface area contributed by atoms with Gasteiger partial charge in [-0.3, -0.25) is 0 Å². The van der Waals surface area contributed by atoms with Gasteiger partial charge in [0.15, 0.2) is 0 Å². The van der Waals surface area contributed by atoms with Gasteiger partial charge in [0.25, 0.3) is 0 Å². The van der Waals surface area contributed by atoms with E-state index in [0.717, 1.165) is 11.4 Å². The summed E-state index contributed by atoms with van der Waals surface area (Å²) in [6, 6.07) is 63.3. The molecule has 0 saturated heterocycles. The third kappa shape index (κ3) is 6.57. The highest BCUT2D eigenvalue weighted by Crippen LogP contribution is 2.53. The van der Waals surface area contributed by atoms with Gasteiger partial charge < -0.3 is 9.80 Å². The summed E-state index contributed by atoms with van der Waals surface area (Å²) in [4.78, 5) is 4.81. The number of para-hydroxylation sites is 2. The molecule has 2 aliphatic carbocycles. The number of hydrogen-bond donors (Lipinski definition) is 0. The van der Waals surface area contributed by atoms with E-state index in [4.69, 9.17) is 0 Å². The summed E-state index contributed by atoms with van der Waals surface area (Å²) in [6.45, 7) is 18.2. The molecule has 0 aromatic heterocycles. The number of rotatable bonds is 8. The predicted molar refractivity (Wildman–Crippen MR) is 265 cm³/mol. The molecule has 0 spiro atoms. The molecular weight excluding hydrogens is 749 g/mol. The van der Waals surface area contributed by atoms with Crippen molar-refractivity contribution >= 4 is 46.3 Å². The van der Waals surface area contributed by atoms with Gasteiger partial charge in [-0.15, -0.1) is 0 Å². The molecule has 2 aliphatic rings. The van der Waals surface area contributed by atoms with Gasteiger partial charge in [-0.1, -0.05) is 160 Å². The van der Waals surface area contributed by atoms with E-state index in [1.165, 1.54) is 101 Å². The van der Waals surface area contributed by atoms with Crippen molar-refractivity contribution in [2.24, 2.45) is 0 Å². The molecule has 0 bridgehead atoms. The van der Waals surface area contributed by atoms with Gasteiger partial charge >= 0.3 is 0 Å². The Bertz CT molecular complexity index is 2840. The molecule has 0 unspecified atom stereocenters. The molecule has 8 aromatic carbocycles. The van der Waals surface area contributed by atoms with Gasteiger partial charge in [-0.25, -0.2) is 0 Å². The van der Waals surface area contributed by atoms with Crippen LogP contribution >= 0.6 is 0 Å². The van der Waals surface area contributed by atoms with Crippen molar-refractivity contribution in [3.63, 3.8) is 0 Å². The summed E-state index contributed by atoms with van der Waals surface area (Å²) < 4.78 is 0. The van der Waals surface area contributed by atoms with Crippen molar-refractivity contribution in [2.45, 2.75) is 66.2 Å². The summed E-state index contributed by atoms with van der Waals surface area (Å²) in [7, 11) is 0. The zero-order valence-electron chi connectivity index (χ0n) is 37.2. The first-order valence-electron chi connectivity index (χ1n) is 22.0. The summed E-state index contributed by atoms with van der Waals surface area (Å²) in [5.41, 5.74) is 25.0. The van der Waals surface area contributed by atoms with Gasteiger partial charge in [0.2, 0.25) is 0 Å². The lowest BCUT2D eigenvalue weighted by atomic mass is 9.81. The van der Waals surface area contributed by atoms with Crippen LogP contribution in [0.1, 0.15) is 83.3 Å². The second-order valence-corrected chi connectivity index (χ2v) is 18.6. The lowest BCUT2D eigenvalue weighted by Gasteiger charge is -2.29. The number of anilines is 6. The highest BCUT2D eigenvalue weighted by Gasteiger charge is 2.38. The molecule has 62 heavy (non-hydrogen) atoms. The summed E-state index contributed by atoms with van der Waals surface area (Å²) in [6.07, 6.45) is 4.58. The second kappa shape index (κ2) is 14.9. The second-order valence-electron chi connectivity index (χ2n) is 18.6. The summed E-state index contributed by atoms with van der Waals surface area (Å²) in [5, 5.41) is 0. The highest BCUT2D eigenvalue weighted by molar-refractivity contribution is 5.89. The molecule has 304 valence electrons. The van der Waals surface area contributed by atoms with Crippen LogP contribution in [0.25, 0.3) is 34.4 Å². The number of hydrogen-bond acceptors (Lipinski definition) is 2. The van der Waals surface area contributed by atoms with Crippen molar-refractivity contribution in [3.8, 4) is 22.3 Å². The Labute approximate surface area is 368 Å². The molecule has 0 saturated carbocycles. The monoisotopic (exact) mass is 802 g/mol. The van der Waals surface area contributed by atoms with Crippen molar-refractivity contribution in [3.05, 3.63) is 225 Å². The number of aryl methyl sites for hydroxylation is 4. The Balaban J connectivity index is 0.947. The van der Waals surface area contributed by atoms with Gasteiger partial charge in [0.1, 0.15) is 0 Å². The first-order chi connectivity index (χ1) is 29.9. The van der Waals surface area contributed by atoms with E-state index in [-0.39, 0.29) is 10.8 Å². The Morgan fingerprint density at radius 2 is 0.661 bits per heavy atom. The summed E-state index contributed by atoms with van der Waals surface area (Å²) in [5.74, 6) is 0. The third-order valence-corrected chi connectivity index (χ3v) is 13.6. The fourth-order valence-electron chi connectivity index (χ4n) is 10.0. The van der Waals surface area contributed by atoms with E-state index in [1.807, 2.05) is 0 Å². The molecule has 10 rings (SSSR count). The van der Waals surface area contributed by atoms with Crippen LogP contribution in [0.3, 0.4) is 0 Å². The van der Waals surface area contributed by atoms with E-state index in [0.29, 0.717) is 0 Å². The van der Waals surface area contributed by atoms with Gasteiger partial charge in [0.05, 0.1) is 0 Å². The van der Waals surface area contributed by atoms with Gasteiger partial charge in [-0.2, -0.15) is 0 Å². The zero-order valence-corrected chi connectivity index (χ0v) is 37.2. The fraction of sp³-hybridized carbons (Fsp3) is 0.167. The lowest BCUT2D eigenvalue weighted by molar-refractivity contribution is 0.660. The molecule has 0 amide bonds. The SMILES string of the molecule is Cc1ccc(N(c2ccc3c(c2)C(C)(C)c2cc(C=Cc4ccc5c(c4)C(C)(C)c4cc(N(c6ccc(C)cc6)c6ccccc6C)ccc4-5)ccc2-3)c2ccccc2C)cc1. The Morgan fingerprint density at radius 1 is 0.339 bits per heavy atom.